The summed E-state index contributed by atoms with van der Waals surface area (Å²) >= 11 is 0. The first-order valence-electron chi connectivity index (χ1n) is 5.86. The molecule has 0 spiro atoms. The van der Waals surface area contributed by atoms with Crippen molar-refractivity contribution in [3.63, 3.8) is 0 Å². The Kier molecular flexibility index (Phi) is 5.09. The average Bonchev–Trinajstić information content (AvgIpc) is 2.34. The lowest BCUT2D eigenvalue weighted by Gasteiger charge is -2.11. The van der Waals surface area contributed by atoms with Crippen LogP contribution in [-0.2, 0) is 6.18 Å². The topological polar surface area (TPSA) is 50.7 Å². The molecule has 0 aliphatic carbocycles. The average molecular weight is 271 g/mol. The van der Waals surface area contributed by atoms with Crippen molar-refractivity contribution in [1.29, 1.82) is 0 Å². The molecule has 0 aliphatic heterocycles. The first-order valence-corrected chi connectivity index (χ1v) is 5.86. The van der Waals surface area contributed by atoms with Crippen LogP contribution in [0.2, 0.25) is 0 Å². The Bertz CT molecular complexity index is 490. The van der Waals surface area contributed by atoms with Crippen molar-refractivity contribution in [1.82, 2.24) is 0 Å². The second-order valence-corrected chi connectivity index (χ2v) is 3.95. The fraction of sp³-hybridized carbons (Fsp3) is 0.385. The molecule has 6 heteroatoms. The van der Waals surface area contributed by atoms with Crippen LogP contribution in [-0.4, -0.2) is 19.1 Å². The molecule has 0 bridgehead atoms. The molecular weight excluding hydrogens is 255 g/mol. The third kappa shape index (κ3) is 4.08. The number of halogens is 3. The number of hydrogen-bond acceptors (Lipinski definition) is 2. The molecule has 104 valence electrons. The quantitative estimate of drug-likeness (QED) is 0.510. The SMILES string of the molecule is CCC/C=N\C(=N/C)c1ccc(N)c(C(F)(F)F)c1. The molecule has 2 N–H and O–H groups in total. The smallest absolute Gasteiger partial charge is 0.398 e. The summed E-state index contributed by atoms with van der Waals surface area (Å²) in [4.78, 5) is 7.97. The van der Waals surface area contributed by atoms with Crippen molar-refractivity contribution in [2.45, 2.75) is 25.9 Å². The number of anilines is 1. The van der Waals surface area contributed by atoms with Gasteiger partial charge in [-0.25, -0.2) is 4.99 Å². The number of rotatable bonds is 3. The molecule has 0 fully saturated rings. The van der Waals surface area contributed by atoms with Crippen molar-refractivity contribution in [2.75, 3.05) is 12.8 Å². The van der Waals surface area contributed by atoms with E-state index in [0.717, 1.165) is 18.9 Å². The van der Waals surface area contributed by atoms with Crippen LogP contribution < -0.4 is 5.73 Å². The predicted octanol–water partition coefficient (Wildman–Crippen LogP) is 3.53. The maximum absolute atomic E-state index is 12.7. The normalized spacial score (nSPS) is 13.2. The molecule has 0 heterocycles. The van der Waals surface area contributed by atoms with Crippen LogP contribution >= 0.6 is 0 Å². The van der Waals surface area contributed by atoms with E-state index in [2.05, 4.69) is 9.98 Å². The Labute approximate surface area is 110 Å². The summed E-state index contributed by atoms with van der Waals surface area (Å²) in [6.07, 6.45) is -1.17. The molecule has 0 atom stereocenters. The molecule has 19 heavy (non-hydrogen) atoms. The van der Waals surface area contributed by atoms with Gasteiger partial charge in [-0.2, -0.15) is 13.2 Å². The van der Waals surface area contributed by atoms with E-state index >= 15 is 0 Å². The number of nitrogens with zero attached hydrogens (tertiary/aromatic N) is 2. The van der Waals surface area contributed by atoms with E-state index in [1.165, 1.54) is 19.2 Å². The number of alkyl halides is 3. The molecule has 3 nitrogen and oxygen atoms in total. The summed E-state index contributed by atoms with van der Waals surface area (Å²) < 4.78 is 38.2. The molecule has 0 amide bonds. The number of aliphatic imine (C=N–C) groups is 2. The number of unbranched alkanes of at least 4 members (excludes halogenated alkanes) is 1. The minimum atomic E-state index is -4.48. The monoisotopic (exact) mass is 271 g/mol. The highest BCUT2D eigenvalue weighted by Gasteiger charge is 2.33. The van der Waals surface area contributed by atoms with E-state index in [9.17, 15) is 13.2 Å². The van der Waals surface area contributed by atoms with Gasteiger partial charge >= 0.3 is 6.18 Å². The van der Waals surface area contributed by atoms with Crippen LogP contribution in [0.15, 0.2) is 28.2 Å². The van der Waals surface area contributed by atoms with Gasteiger partial charge in [-0.05, 0) is 24.6 Å². The second-order valence-electron chi connectivity index (χ2n) is 3.95. The standard InChI is InChI=1S/C13H16F3N3/c1-3-4-7-19-12(18-2)9-5-6-11(17)10(8-9)13(14,15)16/h5-8H,3-4,17H2,1-2H3/b18-12-,19-7-. The number of hydrogen-bond donors (Lipinski definition) is 1. The summed E-state index contributed by atoms with van der Waals surface area (Å²) in [6, 6.07) is 3.68. The molecule has 0 saturated heterocycles. The molecule has 0 aromatic heterocycles. The van der Waals surface area contributed by atoms with Gasteiger partial charge in [0.15, 0.2) is 5.84 Å². The third-order valence-electron chi connectivity index (χ3n) is 2.46. The lowest BCUT2D eigenvalue weighted by molar-refractivity contribution is -0.136. The van der Waals surface area contributed by atoms with Gasteiger partial charge in [0.1, 0.15) is 0 Å². The molecule has 0 aliphatic rings. The van der Waals surface area contributed by atoms with Gasteiger partial charge in [0.25, 0.3) is 0 Å². The van der Waals surface area contributed by atoms with Gasteiger partial charge in [0, 0.05) is 24.5 Å². The van der Waals surface area contributed by atoms with Gasteiger partial charge in [0.05, 0.1) is 5.56 Å². The Morgan fingerprint density at radius 3 is 2.58 bits per heavy atom. The summed E-state index contributed by atoms with van der Waals surface area (Å²) in [6.45, 7) is 1.99. The Morgan fingerprint density at radius 2 is 2.05 bits per heavy atom. The lowest BCUT2D eigenvalue weighted by Crippen LogP contribution is -2.11. The number of nitrogen functional groups attached to an aromatic ring is 1. The highest BCUT2D eigenvalue weighted by Crippen LogP contribution is 2.34. The minimum Gasteiger partial charge on any atom is -0.398 e. The fourth-order valence-electron chi connectivity index (χ4n) is 1.48. The van der Waals surface area contributed by atoms with Crippen molar-refractivity contribution >= 4 is 17.7 Å². The van der Waals surface area contributed by atoms with Crippen LogP contribution in [0, 0.1) is 0 Å². The van der Waals surface area contributed by atoms with E-state index < -0.39 is 11.7 Å². The zero-order valence-electron chi connectivity index (χ0n) is 10.8. The molecule has 1 rings (SSSR count). The van der Waals surface area contributed by atoms with E-state index in [-0.39, 0.29) is 11.5 Å². The van der Waals surface area contributed by atoms with Crippen LogP contribution in [0.25, 0.3) is 0 Å². The minimum absolute atomic E-state index is 0.263. The highest BCUT2D eigenvalue weighted by molar-refractivity contribution is 6.03. The summed E-state index contributed by atoms with van der Waals surface area (Å²) in [7, 11) is 1.49. The zero-order valence-corrected chi connectivity index (χ0v) is 10.8. The number of benzene rings is 1. The van der Waals surface area contributed by atoms with Crippen molar-refractivity contribution in [3.05, 3.63) is 29.3 Å². The van der Waals surface area contributed by atoms with Crippen molar-refractivity contribution in [3.8, 4) is 0 Å². The van der Waals surface area contributed by atoms with Gasteiger partial charge in [-0.3, -0.25) is 4.99 Å². The van der Waals surface area contributed by atoms with E-state index in [1.807, 2.05) is 6.92 Å². The molecule has 0 saturated carbocycles. The fourth-order valence-corrected chi connectivity index (χ4v) is 1.48. The van der Waals surface area contributed by atoms with Crippen LogP contribution in [0.5, 0.6) is 0 Å². The van der Waals surface area contributed by atoms with Gasteiger partial charge in [-0.15, -0.1) is 0 Å². The molecule has 0 unspecified atom stereocenters. The van der Waals surface area contributed by atoms with Gasteiger partial charge in [-0.1, -0.05) is 13.3 Å². The lowest BCUT2D eigenvalue weighted by atomic mass is 10.1. The Morgan fingerprint density at radius 1 is 1.37 bits per heavy atom. The maximum Gasteiger partial charge on any atom is 0.418 e. The maximum atomic E-state index is 12.7. The molecule has 1 aromatic rings. The van der Waals surface area contributed by atoms with Crippen molar-refractivity contribution in [2.24, 2.45) is 9.98 Å². The van der Waals surface area contributed by atoms with Crippen LogP contribution in [0.1, 0.15) is 30.9 Å². The molecule has 1 aromatic carbocycles. The second kappa shape index (κ2) is 6.36. The number of amidine groups is 1. The van der Waals surface area contributed by atoms with Crippen LogP contribution in [0.3, 0.4) is 0 Å². The molecular formula is C13H16F3N3. The number of nitrogens with two attached hydrogens (primary N) is 1. The van der Waals surface area contributed by atoms with E-state index in [0.29, 0.717) is 5.56 Å². The summed E-state index contributed by atoms with van der Waals surface area (Å²) in [5, 5.41) is 0. The predicted molar refractivity (Wildman–Crippen MR) is 71.7 cm³/mol. The Balaban J connectivity index is 3.14. The van der Waals surface area contributed by atoms with Crippen molar-refractivity contribution < 1.29 is 13.2 Å². The first-order chi connectivity index (χ1) is 8.90. The zero-order chi connectivity index (χ0) is 14.5. The van der Waals surface area contributed by atoms with Gasteiger partial charge in [0.2, 0.25) is 0 Å². The van der Waals surface area contributed by atoms with Crippen LogP contribution in [0.4, 0.5) is 18.9 Å². The van der Waals surface area contributed by atoms with E-state index in [4.69, 9.17) is 5.73 Å². The van der Waals surface area contributed by atoms with E-state index in [1.54, 1.807) is 6.21 Å². The summed E-state index contributed by atoms with van der Waals surface area (Å²) in [5.74, 6) is 0.263. The third-order valence-corrected chi connectivity index (χ3v) is 2.46. The first kappa shape index (κ1) is 15.2. The van der Waals surface area contributed by atoms with Gasteiger partial charge < -0.3 is 5.73 Å². The summed E-state index contributed by atoms with van der Waals surface area (Å²) in [5.41, 5.74) is 4.48. The largest absolute Gasteiger partial charge is 0.418 e. The Hall–Kier alpha value is -1.85. The molecule has 0 radical (unpaired) electrons. The highest BCUT2D eigenvalue weighted by atomic mass is 19.4.